The van der Waals surface area contributed by atoms with Gasteiger partial charge in [0.05, 0.1) is 27.4 Å². The summed E-state index contributed by atoms with van der Waals surface area (Å²) in [6.45, 7) is 3.72. The lowest BCUT2D eigenvalue weighted by Crippen LogP contribution is -2.38. The highest BCUT2D eigenvalue weighted by molar-refractivity contribution is 5.81. The summed E-state index contributed by atoms with van der Waals surface area (Å²) in [6.07, 6.45) is 0.0540. The summed E-state index contributed by atoms with van der Waals surface area (Å²) in [5.41, 5.74) is 0.938. The maximum Gasteiger partial charge on any atom is 0.261 e. The number of hydrogen-bond donors (Lipinski definition) is 1. The lowest BCUT2D eigenvalue weighted by Gasteiger charge is -2.22. The second-order valence-corrected chi connectivity index (χ2v) is 5.99. The fraction of sp³-hybridized carbons (Fsp3) is 0.381. The Hall–Kier alpha value is -2.89. The molecular weight excluding hydrogens is 346 g/mol. The monoisotopic (exact) mass is 373 g/mol. The average molecular weight is 373 g/mol. The molecule has 0 aliphatic rings. The van der Waals surface area contributed by atoms with Crippen molar-refractivity contribution in [3.8, 4) is 23.0 Å². The zero-order chi connectivity index (χ0) is 19.8. The molecule has 2 atom stereocenters. The molecule has 0 spiro atoms. The first-order valence-corrected chi connectivity index (χ1v) is 8.86. The van der Waals surface area contributed by atoms with Gasteiger partial charge in [-0.3, -0.25) is 4.79 Å². The van der Waals surface area contributed by atoms with Gasteiger partial charge in [-0.2, -0.15) is 0 Å². The Morgan fingerprint density at radius 1 is 0.926 bits per heavy atom. The standard InChI is InChI=1S/C21H27NO5/c1-6-16(15-11-12-18(25-4)20(13-15)26-5)22-21(23)14(2)27-19-10-8-7-9-17(19)24-3/h7-14,16H,6H2,1-5H3,(H,22,23)/t14-,16+/m1/s1. The Morgan fingerprint density at radius 2 is 1.52 bits per heavy atom. The summed E-state index contributed by atoms with van der Waals surface area (Å²) < 4.78 is 21.7. The number of hydrogen-bond acceptors (Lipinski definition) is 5. The molecule has 2 rings (SSSR count). The van der Waals surface area contributed by atoms with Crippen molar-refractivity contribution in [3.63, 3.8) is 0 Å². The van der Waals surface area contributed by atoms with Crippen molar-refractivity contribution in [1.29, 1.82) is 0 Å². The van der Waals surface area contributed by atoms with Gasteiger partial charge < -0.3 is 24.3 Å². The van der Waals surface area contributed by atoms with Crippen LogP contribution in [-0.4, -0.2) is 33.3 Å². The summed E-state index contributed by atoms with van der Waals surface area (Å²) in [7, 11) is 4.74. The van der Waals surface area contributed by atoms with E-state index in [4.69, 9.17) is 18.9 Å². The largest absolute Gasteiger partial charge is 0.493 e. The molecule has 0 saturated heterocycles. The molecule has 0 aliphatic carbocycles. The van der Waals surface area contributed by atoms with Gasteiger partial charge in [0.15, 0.2) is 29.1 Å². The van der Waals surface area contributed by atoms with E-state index in [1.807, 2.05) is 37.3 Å². The van der Waals surface area contributed by atoms with Crippen molar-refractivity contribution in [2.75, 3.05) is 21.3 Å². The number of carbonyl (C=O) groups excluding carboxylic acids is 1. The van der Waals surface area contributed by atoms with Crippen molar-refractivity contribution in [3.05, 3.63) is 48.0 Å². The molecule has 0 fully saturated rings. The maximum atomic E-state index is 12.6. The fourth-order valence-corrected chi connectivity index (χ4v) is 2.74. The molecule has 1 amide bonds. The smallest absolute Gasteiger partial charge is 0.261 e. The number of para-hydroxylation sites is 2. The maximum absolute atomic E-state index is 12.6. The van der Waals surface area contributed by atoms with Crippen LogP contribution in [0.3, 0.4) is 0 Å². The topological polar surface area (TPSA) is 66.0 Å². The van der Waals surface area contributed by atoms with Gasteiger partial charge in [0.1, 0.15) is 0 Å². The Morgan fingerprint density at radius 3 is 2.11 bits per heavy atom. The van der Waals surface area contributed by atoms with Gasteiger partial charge in [-0.05, 0) is 43.2 Å². The molecule has 0 saturated carbocycles. The van der Waals surface area contributed by atoms with Crippen LogP contribution in [0.15, 0.2) is 42.5 Å². The zero-order valence-corrected chi connectivity index (χ0v) is 16.4. The molecule has 0 radical (unpaired) electrons. The molecular formula is C21H27NO5. The van der Waals surface area contributed by atoms with E-state index in [1.165, 1.54) is 0 Å². The Kier molecular flexibility index (Phi) is 7.34. The van der Waals surface area contributed by atoms with E-state index in [-0.39, 0.29) is 11.9 Å². The van der Waals surface area contributed by atoms with Crippen molar-refractivity contribution in [2.45, 2.75) is 32.4 Å². The fourth-order valence-electron chi connectivity index (χ4n) is 2.74. The second-order valence-electron chi connectivity index (χ2n) is 5.99. The summed E-state index contributed by atoms with van der Waals surface area (Å²) in [5.74, 6) is 2.18. The van der Waals surface area contributed by atoms with E-state index in [9.17, 15) is 4.79 Å². The van der Waals surface area contributed by atoms with E-state index in [1.54, 1.807) is 40.4 Å². The minimum absolute atomic E-state index is 0.166. The quantitative estimate of drug-likeness (QED) is 0.725. The van der Waals surface area contributed by atoms with Crippen LogP contribution in [0.1, 0.15) is 31.9 Å². The molecule has 6 heteroatoms. The lowest BCUT2D eigenvalue weighted by atomic mass is 10.0. The molecule has 0 bridgehead atoms. The summed E-state index contributed by atoms with van der Waals surface area (Å²) in [6, 6.07) is 12.7. The Balaban J connectivity index is 2.10. The molecule has 6 nitrogen and oxygen atoms in total. The van der Waals surface area contributed by atoms with Crippen LogP contribution in [0, 0.1) is 0 Å². The number of nitrogens with one attached hydrogen (secondary N) is 1. The minimum Gasteiger partial charge on any atom is -0.493 e. The summed E-state index contributed by atoms with van der Waals surface area (Å²) in [4.78, 5) is 12.6. The summed E-state index contributed by atoms with van der Waals surface area (Å²) in [5, 5.41) is 3.03. The molecule has 0 unspecified atom stereocenters. The van der Waals surface area contributed by atoms with Crippen molar-refractivity contribution in [2.24, 2.45) is 0 Å². The van der Waals surface area contributed by atoms with Gasteiger partial charge in [0, 0.05) is 0 Å². The third-order valence-corrected chi connectivity index (χ3v) is 4.28. The first-order chi connectivity index (χ1) is 13.0. The molecule has 0 aliphatic heterocycles. The van der Waals surface area contributed by atoms with Crippen LogP contribution < -0.4 is 24.3 Å². The highest BCUT2D eigenvalue weighted by Crippen LogP contribution is 2.31. The van der Waals surface area contributed by atoms with Gasteiger partial charge in [0.25, 0.3) is 5.91 Å². The van der Waals surface area contributed by atoms with E-state index in [0.29, 0.717) is 23.0 Å². The third kappa shape index (κ3) is 5.06. The molecule has 0 heterocycles. The minimum atomic E-state index is -0.671. The van der Waals surface area contributed by atoms with E-state index < -0.39 is 6.10 Å². The zero-order valence-electron chi connectivity index (χ0n) is 16.4. The van der Waals surface area contributed by atoms with Crippen LogP contribution in [0.4, 0.5) is 0 Å². The molecule has 1 N–H and O–H groups in total. The van der Waals surface area contributed by atoms with Crippen LogP contribution in [0.25, 0.3) is 0 Å². The lowest BCUT2D eigenvalue weighted by molar-refractivity contribution is -0.128. The Labute approximate surface area is 160 Å². The molecule has 0 aromatic heterocycles. The van der Waals surface area contributed by atoms with E-state index in [2.05, 4.69) is 5.32 Å². The van der Waals surface area contributed by atoms with Gasteiger partial charge in [-0.1, -0.05) is 25.1 Å². The van der Waals surface area contributed by atoms with Crippen molar-refractivity contribution >= 4 is 5.91 Å². The first-order valence-electron chi connectivity index (χ1n) is 8.86. The van der Waals surface area contributed by atoms with Crippen molar-refractivity contribution in [1.82, 2.24) is 5.32 Å². The van der Waals surface area contributed by atoms with Crippen molar-refractivity contribution < 1.29 is 23.7 Å². The number of rotatable bonds is 9. The number of methoxy groups -OCH3 is 3. The second kappa shape index (κ2) is 9.71. The highest BCUT2D eigenvalue weighted by atomic mass is 16.5. The van der Waals surface area contributed by atoms with Gasteiger partial charge in [-0.15, -0.1) is 0 Å². The van der Waals surface area contributed by atoms with Crippen LogP contribution in [0.5, 0.6) is 23.0 Å². The normalized spacial score (nSPS) is 12.6. The number of ether oxygens (including phenoxy) is 4. The molecule has 2 aromatic rings. The van der Waals surface area contributed by atoms with Gasteiger partial charge >= 0.3 is 0 Å². The number of carbonyl (C=O) groups is 1. The third-order valence-electron chi connectivity index (χ3n) is 4.28. The van der Waals surface area contributed by atoms with E-state index in [0.717, 1.165) is 12.0 Å². The average Bonchev–Trinajstić information content (AvgIpc) is 2.71. The summed E-state index contributed by atoms with van der Waals surface area (Å²) >= 11 is 0. The molecule has 27 heavy (non-hydrogen) atoms. The predicted molar refractivity (Wildman–Crippen MR) is 104 cm³/mol. The highest BCUT2D eigenvalue weighted by Gasteiger charge is 2.21. The van der Waals surface area contributed by atoms with Gasteiger partial charge in [-0.25, -0.2) is 0 Å². The molecule has 146 valence electrons. The SMILES string of the molecule is CC[C@H](NC(=O)[C@@H](C)Oc1ccccc1OC)c1ccc(OC)c(OC)c1. The van der Waals surface area contributed by atoms with Crippen LogP contribution >= 0.6 is 0 Å². The number of amides is 1. The predicted octanol–water partition coefficient (Wildman–Crippen LogP) is 3.75. The Bertz CT molecular complexity index is 762. The molecule has 2 aromatic carbocycles. The van der Waals surface area contributed by atoms with Gasteiger partial charge in [0.2, 0.25) is 0 Å². The number of benzene rings is 2. The van der Waals surface area contributed by atoms with Crippen LogP contribution in [0.2, 0.25) is 0 Å². The van der Waals surface area contributed by atoms with E-state index >= 15 is 0 Å². The van der Waals surface area contributed by atoms with Crippen LogP contribution in [-0.2, 0) is 4.79 Å². The first kappa shape index (κ1) is 20.4.